The third-order valence-electron chi connectivity index (χ3n) is 3.63. The summed E-state index contributed by atoms with van der Waals surface area (Å²) >= 11 is 1.09. The standard InChI is InChI=1S/C19H14N2O2S/c1-3-11-24-19-20-16(12(2)18(23)21-19)17(22)15-10-6-8-13-7-4-5-9-14(13)15/h4-10H,1-2H3,(H,20,21,23). The monoisotopic (exact) mass is 334 g/mol. The average Bonchev–Trinajstić information content (AvgIpc) is 2.61. The molecule has 0 bridgehead atoms. The van der Waals surface area contributed by atoms with Gasteiger partial charge in [0.05, 0.1) is 0 Å². The number of benzene rings is 2. The van der Waals surface area contributed by atoms with E-state index >= 15 is 0 Å². The van der Waals surface area contributed by atoms with Gasteiger partial charge in [-0.05, 0) is 29.9 Å². The minimum Gasteiger partial charge on any atom is -0.300 e. The maximum absolute atomic E-state index is 13.0. The third kappa shape index (κ3) is 2.97. The topological polar surface area (TPSA) is 62.8 Å². The van der Waals surface area contributed by atoms with Crippen molar-refractivity contribution < 1.29 is 4.79 Å². The summed E-state index contributed by atoms with van der Waals surface area (Å²) in [6.07, 6.45) is 0. The predicted molar refractivity (Wildman–Crippen MR) is 96.3 cm³/mol. The average molecular weight is 334 g/mol. The lowest BCUT2D eigenvalue weighted by atomic mass is 9.98. The molecule has 0 unspecified atom stereocenters. The number of aromatic amines is 1. The molecule has 4 nitrogen and oxygen atoms in total. The van der Waals surface area contributed by atoms with Crippen molar-refractivity contribution in [3.05, 3.63) is 69.6 Å². The van der Waals surface area contributed by atoms with Crippen LogP contribution < -0.4 is 5.56 Å². The molecule has 1 aromatic heterocycles. The number of hydrogen-bond acceptors (Lipinski definition) is 4. The fourth-order valence-corrected chi connectivity index (χ4v) is 2.91. The van der Waals surface area contributed by atoms with Crippen molar-refractivity contribution in [1.82, 2.24) is 9.97 Å². The Morgan fingerprint density at radius 3 is 2.71 bits per heavy atom. The number of ketones is 1. The van der Waals surface area contributed by atoms with E-state index in [1.807, 2.05) is 36.4 Å². The Morgan fingerprint density at radius 1 is 1.17 bits per heavy atom. The zero-order valence-electron chi connectivity index (χ0n) is 13.2. The number of carbonyl (C=O) groups is 1. The van der Waals surface area contributed by atoms with Crippen LogP contribution in [0.2, 0.25) is 0 Å². The van der Waals surface area contributed by atoms with E-state index in [0.29, 0.717) is 16.3 Å². The molecule has 3 rings (SSSR count). The molecule has 0 radical (unpaired) electrons. The Labute approximate surface area is 143 Å². The molecule has 24 heavy (non-hydrogen) atoms. The van der Waals surface area contributed by atoms with Crippen LogP contribution in [0, 0.1) is 18.1 Å². The van der Waals surface area contributed by atoms with Crippen LogP contribution in [0.5, 0.6) is 0 Å². The van der Waals surface area contributed by atoms with Gasteiger partial charge in [0.1, 0.15) is 5.69 Å². The van der Waals surface area contributed by atoms with Gasteiger partial charge in [-0.1, -0.05) is 48.4 Å². The molecular formula is C19H14N2O2S. The molecule has 0 amide bonds. The zero-order chi connectivity index (χ0) is 17.1. The van der Waals surface area contributed by atoms with E-state index in [4.69, 9.17) is 0 Å². The van der Waals surface area contributed by atoms with Gasteiger partial charge in [-0.15, -0.1) is 0 Å². The number of H-pyrrole nitrogens is 1. The van der Waals surface area contributed by atoms with E-state index in [0.717, 1.165) is 22.5 Å². The highest BCUT2D eigenvalue weighted by Crippen LogP contribution is 2.22. The number of hydrogen-bond donors (Lipinski definition) is 1. The second kappa shape index (κ2) is 6.73. The summed E-state index contributed by atoms with van der Waals surface area (Å²) in [7, 11) is 0. The van der Waals surface area contributed by atoms with Crippen molar-refractivity contribution in [1.29, 1.82) is 0 Å². The molecule has 118 valence electrons. The molecule has 0 fully saturated rings. The number of rotatable bonds is 3. The van der Waals surface area contributed by atoms with Crippen molar-refractivity contribution in [3.63, 3.8) is 0 Å². The summed E-state index contributed by atoms with van der Waals surface area (Å²) < 4.78 is 0. The van der Waals surface area contributed by atoms with Crippen LogP contribution >= 0.6 is 11.8 Å². The van der Waals surface area contributed by atoms with Crippen molar-refractivity contribution in [2.45, 2.75) is 19.0 Å². The lowest BCUT2D eigenvalue weighted by Crippen LogP contribution is -2.19. The summed E-state index contributed by atoms with van der Waals surface area (Å²) in [6.45, 7) is 3.30. The van der Waals surface area contributed by atoms with Crippen LogP contribution in [0.4, 0.5) is 0 Å². The van der Waals surface area contributed by atoms with E-state index in [1.165, 1.54) is 0 Å². The van der Waals surface area contributed by atoms with Gasteiger partial charge in [0, 0.05) is 22.9 Å². The molecule has 0 saturated heterocycles. The number of carbonyl (C=O) groups excluding carboxylic acids is 1. The van der Waals surface area contributed by atoms with Gasteiger partial charge in [-0.3, -0.25) is 9.59 Å². The van der Waals surface area contributed by atoms with Gasteiger partial charge in [-0.2, -0.15) is 0 Å². The SMILES string of the molecule is CC#CSc1nc(C(=O)c2cccc3ccccc23)c(C)c(=O)[nH]1. The minimum atomic E-state index is -0.325. The third-order valence-corrected chi connectivity index (χ3v) is 4.32. The van der Waals surface area contributed by atoms with E-state index in [2.05, 4.69) is 21.1 Å². The Hall–Kier alpha value is -2.84. The second-order valence-corrected chi connectivity index (χ2v) is 5.95. The number of nitrogens with zero attached hydrogens (tertiary/aromatic N) is 1. The molecule has 5 heteroatoms. The molecule has 0 aliphatic carbocycles. The molecule has 0 saturated carbocycles. The maximum Gasteiger partial charge on any atom is 0.255 e. The van der Waals surface area contributed by atoms with Crippen molar-refractivity contribution in [2.24, 2.45) is 0 Å². The van der Waals surface area contributed by atoms with Gasteiger partial charge >= 0.3 is 0 Å². The summed E-state index contributed by atoms with van der Waals surface area (Å²) in [5.41, 5.74) is 0.679. The van der Waals surface area contributed by atoms with E-state index in [1.54, 1.807) is 19.9 Å². The van der Waals surface area contributed by atoms with Crippen molar-refractivity contribution in [3.8, 4) is 11.2 Å². The van der Waals surface area contributed by atoms with E-state index < -0.39 is 0 Å². The number of thioether (sulfide) groups is 1. The van der Waals surface area contributed by atoms with Gasteiger partial charge in [0.2, 0.25) is 5.78 Å². The number of aromatic nitrogens is 2. The van der Waals surface area contributed by atoms with Crippen molar-refractivity contribution >= 4 is 28.3 Å². The van der Waals surface area contributed by atoms with Crippen LogP contribution in [-0.2, 0) is 0 Å². The van der Waals surface area contributed by atoms with E-state index in [9.17, 15) is 9.59 Å². The number of fused-ring (bicyclic) bond motifs is 1. The molecule has 1 N–H and O–H groups in total. The van der Waals surface area contributed by atoms with Crippen LogP contribution in [0.3, 0.4) is 0 Å². The first-order valence-corrected chi connectivity index (χ1v) is 8.15. The first-order valence-electron chi connectivity index (χ1n) is 7.34. The lowest BCUT2D eigenvalue weighted by Gasteiger charge is -2.08. The largest absolute Gasteiger partial charge is 0.300 e. The lowest BCUT2D eigenvalue weighted by molar-refractivity contribution is 0.103. The fraction of sp³-hybridized carbons (Fsp3) is 0.105. The van der Waals surface area contributed by atoms with Crippen molar-refractivity contribution in [2.75, 3.05) is 0 Å². The molecule has 2 aromatic carbocycles. The summed E-state index contributed by atoms with van der Waals surface area (Å²) in [5, 5.41) is 4.90. The highest BCUT2D eigenvalue weighted by molar-refractivity contribution is 8.03. The van der Waals surface area contributed by atoms with Gasteiger partial charge in [0.15, 0.2) is 5.16 Å². The molecule has 3 aromatic rings. The molecule has 0 atom stereocenters. The fourth-order valence-electron chi connectivity index (χ4n) is 2.43. The van der Waals surface area contributed by atoms with Crippen LogP contribution in [0.1, 0.15) is 28.5 Å². The quantitative estimate of drug-likeness (QED) is 0.344. The molecular weight excluding hydrogens is 320 g/mol. The summed E-state index contributed by atoms with van der Waals surface area (Å²) in [5.74, 6) is 2.46. The van der Waals surface area contributed by atoms with Gasteiger partial charge in [0.25, 0.3) is 5.56 Å². The van der Waals surface area contributed by atoms with Crippen LogP contribution in [0.25, 0.3) is 10.8 Å². The first-order chi connectivity index (χ1) is 11.6. The molecule has 0 aliphatic rings. The Morgan fingerprint density at radius 2 is 1.92 bits per heavy atom. The summed E-state index contributed by atoms with van der Waals surface area (Å²) in [4.78, 5) is 32.1. The number of nitrogens with one attached hydrogen (secondary N) is 1. The zero-order valence-corrected chi connectivity index (χ0v) is 14.0. The normalized spacial score (nSPS) is 10.2. The van der Waals surface area contributed by atoms with Gasteiger partial charge < -0.3 is 4.98 Å². The highest BCUT2D eigenvalue weighted by Gasteiger charge is 2.19. The maximum atomic E-state index is 13.0. The Kier molecular flexibility index (Phi) is 4.50. The van der Waals surface area contributed by atoms with Gasteiger partial charge in [-0.25, -0.2) is 4.98 Å². The highest BCUT2D eigenvalue weighted by atomic mass is 32.2. The predicted octanol–water partition coefficient (Wildman–Crippen LogP) is 3.54. The Balaban J connectivity index is 2.17. The smallest absolute Gasteiger partial charge is 0.255 e. The summed E-state index contributed by atoms with van der Waals surface area (Å²) in [6, 6.07) is 13.2. The Bertz CT molecular complexity index is 1050. The minimum absolute atomic E-state index is 0.163. The molecule has 0 spiro atoms. The molecule has 0 aliphatic heterocycles. The first kappa shape index (κ1) is 16.0. The second-order valence-electron chi connectivity index (χ2n) is 5.15. The van der Waals surface area contributed by atoms with E-state index in [-0.39, 0.29) is 17.0 Å². The van der Waals surface area contributed by atoms with Crippen LogP contribution in [0.15, 0.2) is 52.4 Å². The van der Waals surface area contributed by atoms with Crippen LogP contribution in [-0.4, -0.2) is 15.8 Å². The molecule has 1 heterocycles.